The zero-order valence-corrected chi connectivity index (χ0v) is 16.9. The van der Waals surface area contributed by atoms with Crippen LogP contribution in [0.4, 0.5) is 0 Å². The first-order valence-corrected chi connectivity index (χ1v) is 9.28. The number of benzene rings is 1. The molecule has 0 amide bonds. The minimum atomic E-state index is -1.06. The van der Waals surface area contributed by atoms with E-state index in [2.05, 4.69) is 20.9 Å². The third-order valence-corrected chi connectivity index (χ3v) is 4.87. The van der Waals surface area contributed by atoms with Gasteiger partial charge in [0.2, 0.25) is 0 Å². The second-order valence-electron chi connectivity index (χ2n) is 6.56. The van der Waals surface area contributed by atoms with E-state index < -0.39 is 18.0 Å². The van der Waals surface area contributed by atoms with Crippen LogP contribution >= 0.6 is 27.3 Å². The summed E-state index contributed by atoms with van der Waals surface area (Å²) in [6.45, 7) is 5.01. The molecule has 1 heterocycles. The Labute approximate surface area is 162 Å². The molecule has 0 radical (unpaired) electrons. The SMILES string of the molecule is CC(C)(C)C(=O)/C=c1\[nH]c(=O)/c(=C/c2ccc(OCC(=O)O)c(Br)c2)s1. The van der Waals surface area contributed by atoms with Crippen LogP contribution in [0.5, 0.6) is 5.75 Å². The van der Waals surface area contributed by atoms with Gasteiger partial charge in [0.15, 0.2) is 12.4 Å². The number of aromatic nitrogens is 1. The Morgan fingerprint density at radius 1 is 1.35 bits per heavy atom. The molecule has 2 aromatic rings. The number of thiazole rings is 1. The van der Waals surface area contributed by atoms with Crippen molar-refractivity contribution in [2.45, 2.75) is 20.8 Å². The smallest absolute Gasteiger partial charge is 0.341 e. The number of H-pyrrole nitrogens is 1. The van der Waals surface area contributed by atoms with Crippen LogP contribution in [0, 0.1) is 5.41 Å². The summed E-state index contributed by atoms with van der Waals surface area (Å²) in [4.78, 5) is 37.4. The van der Waals surface area contributed by atoms with Crippen molar-refractivity contribution in [1.29, 1.82) is 0 Å². The van der Waals surface area contributed by atoms with Crippen LogP contribution in [-0.2, 0) is 9.59 Å². The minimum Gasteiger partial charge on any atom is -0.481 e. The summed E-state index contributed by atoms with van der Waals surface area (Å²) in [5.74, 6) is -0.732. The molecule has 1 aromatic heterocycles. The van der Waals surface area contributed by atoms with E-state index in [0.29, 0.717) is 19.4 Å². The first kappa shape index (κ1) is 20.1. The number of carboxylic acids is 1. The number of ketones is 1. The van der Waals surface area contributed by atoms with Gasteiger partial charge in [-0.25, -0.2) is 4.79 Å². The van der Waals surface area contributed by atoms with Gasteiger partial charge in [-0.15, -0.1) is 11.3 Å². The molecule has 2 N–H and O–H groups in total. The molecule has 0 spiro atoms. The Bertz CT molecular complexity index is 1010. The van der Waals surface area contributed by atoms with Crippen LogP contribution in [0.15, 0.2) is 27.5 Å². The normalized spacial score (nSPS) is 13.1. The Hall–Kier alpha value is -2.19. The summed E-state index contributed by atoms with van der Waals surface area (Å²) in [6, 6.07) is 5.06. The number of hydrogen-bond donors (Lipinski definition) is 2. The maximum atomic E-state index is 12.1. The fourth-order valence-corrected chi connectivity index (χ4v) is 3.27. The van der Waals surface area contributed by atoms with Gasteiger partial charge in [0.25, 0.3) is 5.56 Å². The second kappa shape index (κ2) is 8.01. The van der Waals surface area contributed by atoms with Crippen LogP contribution in [0.25, 0.3) is 12.2 Å². The van der Waals surface area contributed by atoms with Gasteiger partial charge in [-0.1, -0.05) is 26.8 Å². The monoisotopic (exact) mass is 439 g/mol. The number of hydrogen-bond acceptors (Lipinski definition) is 5. The first-order chi connectivity index (χ1) is 12.1. The van der Waals surface area contributed by atoms with E-state index >= 15 is 0 Å². The van der Waals surface area contributed by atoms with Crippen molar-refractivity contribution in [3.05, 3.63) is 47.8 Å². The number of rotatable bonds is 5. The Morgan fingerprint density at radius 2 is 2.04 bits per heavy atom. The molecule has 0 bridgehead atoms. The lowest BCUT2D eigenvalue weighted by molar-refractivity contribution is -0.139. The molecule has 0 aliphatic rings. The van der Waals surface area contributed by atoms with Crippen molar-refractivity contribution in [3.8, 4) is 5.75 Å². The molecule has 2 rings (SSSR count). The lowest BCUT2D eigenvalue weighted by atomic mass is 9.91. The van der Waals surface area contributed by atoms with Gasteiger partial charge in [0, 0.05) is 11.5 Å². The highest BCUT2D eigenvalue weighted by molar-refractivity contribution is 9.10. The van der Waals surface area contributed by atoms with Crippen LogP contribution in [-0.4, -0.2) is 28.4 Å². The summed E-state index contributed by atoms with van der Waals surface area (Å²) in [5.41, 5.74) is -0.0487. The summed E-state index contributed by atoms with van der Waals surface area (Å²) in [5, 5.41) is 8.65. The van der Waals surface area contributed by atoms with E-state index in [1.807, 2.05) is 20.8 Å². The maximum absolute atomic E-state index is 12.1. The third kappa shape index (κ3) is 5.40. The van der Waals surface area contributed by atoms with E-state index in [1.165, 1.54) is 17.4 Å². The summed E-state index contributed by atoms with van der Waals surface area (Å²) in [7, 11) is 0. The molecule has 26 heavy (non-hydrogen) atoms. The molecule has 0 unspecified atom stereocenters. The second-order valence-corrected chi connectivity index (χ2v) is 8.50. The van der Waals surface area contributed by atoms with E-state index in [0.717, 1.165) is 5.56 Å². The number of carbonyl (C=O) groups is 2. The van der Waals surface area contributed by atoms with Crippen LogP contribution < -0.4 is 19.5 Å². The molecule has 0 atom stereocenters. The quantitative estimate of drug-likeness (QED) is 0.741. The summed E-state index contributed by atoms with van der Waals surface area (Å²) < 4.78 is 6.68. The number of halogens is 1. The van der Waals surface area contributed by atoms with Gasteiger partial charge < -0.3 is 14.8 Å². The van der Waals surface area contributed by atoms with Crippen molar-refractivity contribution >= 4 is 51.2 Å². The van der Waals surface area contributed by atoms with Gasteiger partial charge in [-0.05, 0) is 39.7 Å². The number of aliphatic carboxylic acids is 1. The van der Waals surface area contributed by atoms with Crippen LogP contribution in [0.3, 0.4) is 0 Å². The van der Waals surface area contributed by atoms with Gasteiger partial charge in [0.05, 0.1) is 13.7 Å². The van der Waals surface area contributed by atoms with Gasteiger partial charge in [0.1, 0.15) is 5.75 Å². The molecule has 0 saturated heterocycles. The zero-order chi connectivity index (χ0) is 19.5. The molecular formula is C18H18BrNO5S. The lowest BCUT2D eigenvalue weighted by Crippen LogP contribution is -2.22. The van der Waals surface area contributed by atoms with E-state index in [4.69, 9.17) is 9.84 Å². The standard InChI is InChI=1S/C18H18BrNO5S/c1-18(2,3)14(21)8-15-20-17(24)13(26-15)7-10-4-5-12(11(19)6-10)25-9-16(22)23/h4-8H,9H2,1-3H3,(H,20,24)(H,22,23)/b13-7-,15-8+. The number of aromatic amines is 1. The van der Waals surface area contributed by atoms with Crippen molar-refractivity contribution in [2.75, 3.05) is 6.61 Å². The number of ether oxygens (including phenoxy) is 1. The summed E-state index contributed by atoms with van der Waals surface area (Å²) >= 11 is 4.52. The Kier molecular flexibility index (Phi) is 6.20. The third-order valence-electron chi connectivity index (χ3n) is 3.29. The predicted molar refractivity (Wildman–Crippen MR) is 104 cm³/mol. The van der Waals surface area contributed by atoms with Crippen molar-refractivity contribution in [2.24, 2.45) is 5.41 Å². The molecule has 138 valence electrons. The van der Waals surface area contributed by atoms with Gasteiger partial charge >= 0.3 is 5.97 Å². The molecule has 6 nitrogen and oxygen atoms in total. The number of carboxylic acid groups (broad SMARTS) is 1. The molecule has 0 aliphatic heterocycles. The van der Waals surface area contributed by atoms with Crippen LogP contribution in [0.1, 0.15) is 26.3 Å². The maximum Gasteiger partial charge on any atom is 0.341 e. The molecule has 0 aliphatic carbocycles. The highest BCUT2D eigenvalue weighted by Crippen LogP contribution is 2.26. The van der Waals surface area contributed by atoms with E-state index in [9.17, 15) is 14.4 Å². The lowest BCUT2D eigenvalue weighted by Gasteiger charge is -2.12. The van der Waals surface area contributed by atoms with Crippen molar-refractivity contribution < 1.29 is 19.4 Å². The topological polar surface area (TPSA) is 96.5 Å². The molecule has 0 fully saturated rings. The van der Waals surface area contributed by atoms with Crippen molar-refractivity contribution in [3.63, 3.8) is 0 Å². The predicted octanol–water partition coefficient (Wildman–Crippen LogP) is 1.89. The van der Waals surface area contributed by atoms with Gasteiger partial charge in [-0.2, -0.15) is 0 Å². The summed E-state index contributed by atoms with van der Waals surface area (Å²) in [6.07, 6.45) is 3.14. The molecule has 8 heteroatoms. The van der Waals surface area contributed by atoms with Crippen LogP contribution in [0.2, 0.25) is 0 Å². The van der Waals surface area contributed by atoms with E-state index in [1.54, 1.807) is 24.3 Å². The van der Waals surface area contributed by atoms with E-state index in [-0.39, 0.29) is 11.3 Å². The van der Waals surface area contributed by atoms with Gasteiger partial charge in [-0.3, -0.25) is 9.59 Å². The Morgan fingerprint density at radius 3 is 2.62 bits per heavy atom. The number of nitrogens with one attached hydrogen (secondary N) is 1. The van der Waals surface area contributed by atoms with Crippen molar-refractivity contribution in [1.82, 2.24) is 4.98 Å². The average molecular weight is 440 g/mol. The molecule has 1 aromatic carbocycles. The number of Topliss-reactive ketones (excluding diaryl/α,β-unsaturated/α-hetero) is 1. The molecular weight excluding hydrogens is 422 g/mol. The zero-order valence-electron chi connectivity index (χ0n) is 14.5. The molecule has 0 saturated carbocycles. The highest BCUT2D eigenvalue weighted by Gasteiger charge is 2.18. The highest BCUT2D eigenvalue weighted by atomic mass is 79.9. The minimum absolute atomic E-state index is 0.0655. The first-order valence-electron chi connectivity index (χ1n) is 7.67. The fraction of sp³-hybridized carbons (Fsp3) is 0.278. The number of carbonyl (C=O) groups excluding carboxylic acids is 1. The average Bonchev–Trinajstić information content (AvgIpc) is 2.85. The fourth-order valence-electron chi connectivity index (χ4n) is 1.87. The Balaban J connectivity index is 2.35. The largest absolute Gasteiger partial charge is 0.481 e.